The summed E-state index contributed by atoms with van der Waals surface area (Å²) in [4.78, 5) is 14.3. The molecule has 102 valence electrons. The second kappa shape index (κ2) is 5.19. The molecule has 1 saturated heterocycles. The van der Waals surface area contributed by atoms with Gasteiger partial charge in [0.1, 0.15) is 0 Å². The lowest BCUT2D eigenvalue weighted by Crippen LogP contribution is -2.29. The predicted octanol–water partition coefficient (Wildman–Crippen LogP) is 2.09. The topological polar surface area (TPSA) is 38.1 Å². The van der Waals surface area contributed by atoms with E-state index in [4.69, 9.17) is 0 Å². The van der Waals surface area contributed by atoms with Crippen molar-refractivity contribution in [3.05, 3.63) is 30.1 Å². The van der Waals surface area contributed by atoms with Crippen molar-refractivity contribution in [1.29, 1.82) is 0 Å². The van der Waals surface area contributed by atoms with Gasteiger partial charge in [-0.3, -0.25) is 9.48 Å². The molecular formula is C15H21N3O. The van der Waals surface area contributed by atoms with Crippen LogP contribution in [0.25, 0.3) is 0 Å². The summed E-state index contributed by atoms with van der Waals surface area (Å²) >= 11 is 0. The molecule has 2 atom stereocenters. The number of hydrogen-bond donors (Lipinski definition) is 0. The molecule has 0 N–H and O–H groups in total. The molecule has 4 nitrogen and oxygen atoms in total. The van der Waals surface area contributed by atoms with Gasteiger partial charge in [-0.15, -0.1) is 0 Å². The molecule has 4 heteroatoms. The lowest BCUT2D eigenvalue weighted by Gasteiger charge is -2.21. The monoisotopic (exact) mass is 259 g/mol. The highest BCUT2D eigenvalue weighted by Gasteiger charge is 2.35. The Labute approximate surface area is 114 Å². The largest absolute Gasteiger partial charge is 0.342 e. The van der Waals surface area contributed by atoms with Crippen LogP contribution in [0.5, 0.6) is 0 Å². The van der Waals surface area contributed by atoms with Crippen LogP contribution in [0.4, 0.5) is 0 Å². The average molecular weight is 259 g/mol. The smallest absolute Gasteiger partial charge is 0.224 e. The maximum absolute atomic E-state index is 12.2. The first-order chi connectivity index (χ1) is 9.22. The fourth-order valence-corrected chi connectivity index (χ4v) is 3.29. The second-order valence-corrected chi connectivity index (χ2v) is 5.83. The summed E-state index contributed by atoms with van der Waals surface area (Å²) in [6, 6.07) is 1.89. The Balaban J connectivity index is 1.52. The van der Waals surface area contributed by atoms with E-state index in [1.165, 1.54) is 12.0 Å². The average Bonchev–Trinajstić information content (AvgIpc) is 3.04. The van der Waals surface area contributed by atoms with Gasteiger partial charge in [0, 0.05) is 38.4 Å². The molecule has 1 aromatic heterocycles. The Morgan fingerprint density at radius 3 is 3.05 bits per heavy atom. The van der Waals surface area contributed by atoms with Gasteiger partial charge in [-0.05, 0) is 37.7 Å². The predicted molar refractivity (Wildman–Crippen MR) is 73.4 cm³/mol. The molecule has 0 spiro atoms. The highest BCUT2D eigenvalue weighted by molar-refractivity contribution is 5.76. The molecule has 0 radical (unpaired) electrons. The minimum atomic E-state index is 0.280. The third kappa shape index (κ3) is 2.72. The van der Waals surface area contributed by atoms with E-state index in [0.717, 1.165) is 19.5 Å². The molecule has 3 rings (SSSR count). The number of fused-ring (bicyclic) bond motifs is 1. The third-order valence-electron chi connectivity index (χ3n) is 4.40. The number of amides is 1. The van der Waals surface area contributed by atoms with Gasteiger partial charge in [0.15, 0.2) is 0 Å². The van der Waals surface area contributed by atoms with Crippen molar-refractivity contribution in [2.45, 2.75) is 32.7 Å². The van der Waals surface area contributed by atoms with Crippen LogP contribution in [0.3, 0.4) is 0 Å². The number of carbonyl (C=O) groups is 1. The molecule has 1 aliphatic carbocycles. The van der Waals surface area contributed by atoms with Crippen LogP contribution in [0.1, 0.15) is 26.2 Å². The minimum Gasteiger partial charge on any atom is -0.342 e. The van der Waals surface area contributed by atoms with Gasteiger partial charge >= 0.3 is 0 Å². The molecular weight excluding hydrogens is 238 g/mol. The summed E-state index contributed by atoms with van der Waals surface area (Å²) in [5.74, 6) is 1.67. The van der Waals surface area contributed by atoms with Gasteiger partial charge in [-0.2, -0.15) is 5.10 Å². The van der Waals surface area contributed by atoms with E-state index in [-0.39, 0.29) is 5.91 Å². The van der Waals surface area contributed by atoms with Gasteiger partial charge in [0.05, 0.1) is 0 Å². The van der Waals surface area contributed by atoms with E-state index in [0.29, 0.717) is 24.8 Å². The van der Waals surface area contributed by atoms with Crippen LogP contribution in [0, 0.1) is 11.8 Å². The molecule has 0 saturated carbocycles. The van der Waals surface area contributed by atoms with Crippen LogP contribution in [-0.4, -0.2) is 33.7 Å². The maximum atomic E-state index is 12.2. The molecule has 0 aromatic carbocycles. The third-order valence-corrected chi connectivity index (χ3v) is 4.40. The first-order valence-electron chi connectivity index (χ1n) is 7.13. The molecule has 1 fully saturated rings. The SMILES string of the molecule is CC1=CC[C@H]2CN(C(=O)CCn3cccn3)C[C@H]2C1. The van der Waals surface area contributed by atoms with Crippen LogP contribution in [0.15, 0.2) is 30.1 Å². The summed E-state index contributed by atoms with van der Waals surface area (Å²) in [7, 11) is 0. The van der Waals surface area contributed by atoms with Gasteiger partial charge in [-0.1, -0.05) is 11.6 Å². The van der Waals surface area contributed by atoms with Gasteiger partial charge in [-0.25, -0.2) is 0 Å². The highest BCUT2D eigenvalue weighted by atomic mass is 16.2. The first kappa shape index (κ1) is 12.5. The molecule has 1 aromatic rings. The summed E-state index contributed by atoms with van der Waals surface area (Å²) in [5.41, 5.74) is 1.49. The van der Waals surface area contributed by atoms with Gasteiger partial charge < -0.3 is 4.90 Å². The minimum absolute atomic E-state index is 0.280. The van der Waals surface area contributed by atoms with Gasteiger partial charge in [0.25, 0.3) is 0 Å². The van der Waals surface area contributed by atoms with E-state index in [9.17, 15) is 4.79 Å². The van der Waals surface area contributed by atoms with Crippen LogP contribution in [-0.2, 0) is 11.3 Å². The number of nitrogens with zero attached hydrogens (tertiary/aromatic N) is 3. The fraction of sp³-hybridized carbons (Fsp3) is 0.600. The molecule has 2 heterocycles. The van der Waals surface area contributed by atoms with E-state index in [1.807, 2.05) is 16.9 Å². The van der Waals surface area contributed by atoms with E-state index >= 15 is 0 Å². The number of aromatic nitrogens is 2. The molecule has 2 aliphatic rings. The number of aryl methyl sites for hydroxylation is 1. The van der Waals surface area contributed by atoms with Crippen LogP contribution in [0.2, 0.25) is 0 Å². The van der Waals surface area contributed by atoms with Crippen LogP contribution >= 0.6 is 0 Å². The number of allylic oxidation sites excluding steroid dienone is 2. The van der Waals surface area contributed by atoms with Crippen molar-refractivity contribution in [3.63, 3.8) is 0 Å². The van der Waals surface area contributed by atoms with E-state index in [2.05, 4.69) is 23.0 Å². The summed E-state index contributed by atoms with van der Waals surface area (Å²) in [6.45, 7) is 4.80. The maximum Gasteiger partial charge on any atom is 0.224 e. The first-order valence-corrected chi connectivity index (χ1v) is 7.13. The van der Waals surface area contributed by atoms with Crippen LogP contribution < -0.4 is 0 Å². The summed E-state index contributed by atoms with van der Waals surface area (Å²) in [5, 5.41) is 4.13. The summed E-state index contributed by atoms with van der Waals surface area (Å²) < 4.78 is 1.83. The number of likely N-dealkylation sites (tertiary alicyclic amines) is 1. The van der Waals surface area contributed by atoms with E-state index < -0.39 is 0 Å². The number of rotatable bonds is 3. The molecule has 0 bridgehead atoms. The van der Waals surface area contributed by atoms with Crippen molar-refractivity contribution in [2.75, 3.05) is 13.1 Å². The Morgan fingerprint density at radius 1 is 1.42 bits per heavy atom. The zero-order chi connectivity index (χ0) is 13.2. The summed E-state index contributed by atoms with van der Waals surface area (Å²) in [6.07, 6.45) is 8.90. The number of carbonyl (C=O) groups excluding carboxylic acids is 1. The van der Waals surface area contributed by atoms with Gasteiger partial charge in [0.2, 0.25) is 5.91 Å². The Bertz CT molecular complexity index is 478. The second-order valence-electron chi connectivity index (χ2n) is 5.83. The Morgan fingerprint density at radius 2 is 2.26 bits per heavy atom. The molecule has 1 amide bonds. The zero-order valence-electron chi connectivity index (χ0n) is 11.5. The highest BCUT2D eigenvalue weighted by Crippen LogP contribution is 2.35. The lowest BCUT2D eigenvalue weighted by molar-refractivity contribution is -0.130. The van der Waals surface area contributed by atoms with Crippen molar-refractivity contribution < 1.29 is 4.79 Å². The molecule has 1 aliphatic heterocycles. The number of hydrogen-bond acceptors (Lipinski definition) is 2. The van der Waals surface area contributed by atoms with Crippen molar-refractivity contribution in [3.8, 4) is 0 Å². The normalized spacial score (nSPS) is 26.2. The molecule has 19 heavy (non-hydrogen) atoms. The lowest BCUT2D eigenvalue weighted by atomic mass is 9.83. The fourth-order valence-electron chi connectivity index (χ4n) is 3.29. The van der Waals surface area contributed by atoms with Crippen molar-refractivity contribution in [1.82, 2.24) is 14.7 Å². The molecule has 0 unspecified atom stereocenters. The zero-order valence-corrected chi connectivity index (χ0v) is 11.5. The van der Waals surface area contributed by atoms with Crippen molar-refractivity contribution >= 4 is 5.91 Å². The standard InChI is InChI=1S/C15H21N3O/c1-12-3-4-13-10-17(11-14(13)9-12)15(19)5-8-18-7-2-6-16-18/h2-3,6-7,13-14H,4-5,8-11H2,1H3/t13-,14+/m0/s1. The Kier molecular flexibility index (Phi) is 3.40. The van der Waals surface area contributed by atoms with E-state index in [1.54, 1.807) is 6.20 Å². The van der Waals surface area contributed by atoms with Crippen molar-refractivity contribution in [2.24, 2.45) is 11.8 Å². The Hall–Kier alpha value is -1.58. The quantitative estimate of drug-likeness (QED) is 0.780.